The van der Waals surface area contributed by atoms with Crippen molar-refractivity contribution in [3.8, 4) is 0 Å². The molecule has 1 aromatic heterocycles. The number of nitrogens with zero attached hydrogens (tertiary/aromatic N) is 2. The van der Waals surface area contributed by atoms with E-state index in [1.807, 2.05) is 18.5 Å². The van der Waals surface area contributed by atoms with Gasteiger partial charge in [0.25, 0.3) is 0 Å². The average molecular weight is 286 g/mol. The molecule has 0 saturated carbocycles. The number of aromatic nitrogens is 2. The van der Waals surface area contributed by atoms with Crippen LogP contribution in [-0.2, 0) is 13.1 Å². The number of hydrogen-bond donors (Lipinski definition) is 1. The Morgan fingerprint density at radius 3 is 2.88 bits per heavy atom. The van der Waals surface area contributed by atoms with E-state index in [1.54, 1.807) is 0 Å². The largest absolute Gasteiger partial charge is 0.311 e. The highest BCUT2D eigenvalue weighted by molar-refractivity contribution is 9.10. The molecule has 0 saturated heterocycles. The Kier molecular flexibility index (Phi) is 5.77. The first kappa shape index (κ1) is 13.5. The lowest BCUT2D eigenvalue weighted by Crippen LogP contribution is -2.17. The Balaban J connectivity index is 2.52. The van der Waals surface area contributed by atoms with E-state index in [4.69, 9.17) is 0 Å². The summed E-state index contributed by atoms with van der Waals surface area (Å²) in [6.45, 7) is 8.98. The van der Waals surface area contributed by atoms with Gasteiger partial charge in [-0.3, -0.25) is 4.68 Å². The molecule has 0 spiro atoms. The fourth-order valence-corrected chi connectivity index (χ4v) is 2.02. The van der Waals surface area contributed by atoms with Crippen molar-refractivity contribution in [3.05, 3.63) is 28.0 Å². The van der Waals surface area contributed by atoms with Crippen molar-refractivity contribution in [2.45, 2.75) is 40.3 Å². The van der Waals surface area contributed by atoms with Gasteiger partial charge < -0.3 is 5.32 Å². The van der Waals surface area contributed by atoms with E-state index in [0.717, 1.165) is 36.2 Å². The van der Waals surface area contributed by atoms with Crippen molar-refractivity contribution in [2.75, 3.05) is 6.54 Å². The first-order chi connectivity index (χ1) is 7.70. The molecule has 0 aliphatic carbocycles. The normalized spacial score (nSPS) is 11.5. The molecule has 1 rings (SSSR count). The van der Waals surface area contributed by atoms with Crippen molar-refractivity contribution in [2.24, 2.45) is 0 Å². The Bertz CT molecular complexity index is 355. The second-order valence-electron chi connectivity index (χ2n) is 3.70. The van der Waals surface area contributed by atoms with E-state index < -0.39 is 0 Å². The van der Waals surface area contributed by atoms with Crippen LogP contribution in [0.25, 0.3) is 0 Å². The lowest BCUT2D eigenvalue weighted by atomic mass is 10.3. The summed E-state index contributed by atoms with van der Waals surface area (Å²) < 4.78 is 3.18. The summed E-state index contributed by atoms with van der Waals surface area (Å²) in [5.41, 5.74) is 2.30. The Morgan fingerprint density at radius 1 is 1.50 bits per heavy atom. The maximum absolute atomic E-state index is 4.46. The monoisotopic (exact) mass is 285 g/mol. The van der Waals surface area contributed by atoms with Gasteiger partial charge in [-0.1, -0.05) is 12.2 Å². The van der Waals surface area contributed by atoms with Crippen molar-refractivity contribution in [3.63, 3.8) is 0 Å². The smallest absolute Gasteiger partial charge is 0.0739 e. The van der Waals surface area contributed by atoms with Crippen molar-refractivity contribution < 1.29 is 0 Å². The minimum atomic E-state index is 0.868. The van der Waals surface area contributed by atoms with Crippen LogP contribution in [0.15, 0.2) is 16.6 Å². The molecule has 0 amide bonds. The van der Waals surface area contributed by atoms with Gasteiger partial charge in [-0.15, -0.1) is 0 Å². The molecule has 90 valence electrons. The standard InChI is InChI=1S/C12H20BrN3/c1-4-6-7-8-14-9-11-12(13)10(3)15-16(11)5-2/h4,6,14H,5,7-9H2,1-3H3/b6-4+. The molecule has 0 aromatic carbocycles. The Labute approximate surface area is 106 Å². The zero-order valence-corrected chi connectivity index (χ0v) is 11.8. The van der Waals surface area contributed by atoms with Crippen LogP contribution in [0, 0.1) is 6.92 Å². The quantitative estimate of drug-likeness (QED) is 0.643. The molecule has 0 unspecified atom stereocenters. The van der Waals surface area contributed by atoms with E-state index in [1.165, 1.54) is 5.69 Å². The molecule has 0 atom stereocenters. The zero-order valence-electron chi connectivity index (χ0n) is 10.3. The maximum Gasteiger partial charge on any atom is 0.0739 e. The molecular formula is C12H20BrN3. The molecule has 0 bridgehead atoms. The number of hydrogen-bond acceptors (Lipinski definition) is 2. The van der Waals surface area contributed by atoms with Gasteiger partial charge >= 0.3 is 0 Å². The Morgan fingerprint density at radius 2 is 2.25 bits per heavy atom. The summed E-state index contributed by atoms with van der Waals surface area (Å²) in [5, 5.41) is 7.88. The molecule has 0 aliphatic heterocycles. The van der Waals surface area contributed by atoms with Gasteiger partial charge in [0.2, 0.25) is 0 Å². The van der Waals surface area contributed by atoms with Crippen LogP contribution < -0.4 is 5.32 Å². The molecule has 3 nitrogen and oxygen atoms in total. The van der Waals surface area contributed by atoms with Crippen LogP contribution in [-0.4, -0.2) is 16.3 Å². The first-order valence-electron chi connectivity index (χ1n) is 5.74. The van der Waals surface area contributed by atoms with Gasteiger partial charge in [0.05, 0.1) is 15.9 Å². The minimum Gasteiger partial charge on any atom is -0.311 e. The predicted octanol–water partition coefficient (Wildman–Crippen LogP) is 3.03. The summed E-state index contributed by atoms with van der Waals surface area (Å²) in [4.78, 5) is 0. The van der Waals surface area contributed by atoms with Crippen LogP contribution in [0.3, 0.4) is 0 Å². The van der Waals surface area contributed by atoms with E-state index in [2.05, 4.69) is 45.4 Å². The SMILES string of the molecule is C/C=C/CCNCc1c(Br)c(C)nn1CC. The fraction of sp³-hybridized carbons (Fsp3) is 0.583. The molecule has 1 aromatic rings. The fourth-order valence-electron chi connectivity index (χ4n) is 1.60. The van der Waals surface area contributed by atoms with E-state index in [-0.39, 0.29) is 0 Å². The van der Waals surface area contributed by atoms with E-state index >= 15 is 0 Å². The second kappa shape index (κ2) is 6.86. The van der Waals surface area contributed by atoms with Gasteiger partial charge in [-0.25, -0.2) is 0 Å². The summed E-state index contributed by atoms with van der Waals surface area (Å²) in [6, 6.07) is 0. The number of allylic oxidation sites excluding steroid dienone is 1. The number of halogens is 1. The molecule has 1 N–H and O–H groups in total. The maximum atomic E-state index is 4.46. The topological polar surface area (TPSA) is 29.9 Å². The van der Waals surface area contributed by atoms with E-state index in [9.17, 15) is 0 Å². The minimum absolute atomic E-state index is 0.868. The summed E-state index contributed by atoms with van der Waals surface area (Å²) in [5.74, 6) is 0. The van der Waals surface area contributed by atoms with Crippen molar-refractivity contribution in [1.82, 2.24) is 15.1 Å². The molecule has 0 radical (unpaired) electrons. The van der Waals surface area contributed by atoms with Crippen LogP contribution >= 0.6 is 15.9 Å². The summed E-state index contributed by atoms with van der Waals surface area (Å²) >= 11 is 3.59. The van der Waals surface area contributed by atoms with Crippen LogP contribution in [0.2, 0.25) is 0 Å². The van der Waals surface area contributed by atoms with E-state index in [0.29, 0.717) is 0 Å². The van der Waals surface area contributed by atoms with Gasteiger partial charge in [0.1, 0.15) is 0 Å². The van der Waals surface area contributed by atoms with Crippen LogP contribution in [0.1, 0.15) is 31.7 Å². The molecular weight excluding hydrogens is 266 g/mol. The lowest BCUT2D eigenvalue weighted by Gasteiger charge is -2.06. The third kappa shape index (κ3) is 3.46. The Hall–Kier alpha value is -0.610. The molecule has 4 heteroatoms. The molecule has 16 heavy (non-hydrogen) atoms. The highest BCUT2D eigenvalue weighted by Gasteiger charge is 2.10. The third-order valence-corrected chi connectivity index (χ3v) is 3.50. The van der Waals surface area contributed by atoms with Crippen LogP contribution in [0.5, 0.6) is 0 Å². The highest BCUT2D eigenvalue weighted by Crippen LogP contribution is 2.20. The average Bonchev–Trinajstić information content (AvgIpc) is 2.56. The lowest BCUT2D eigenvalue weighted by molar-refractivity contribution is 0.580. The number of rotatable bonds is 6. The molecule has 0 aliphatic rings. The molecule has 1 heterocycles. The third-order valence-electron chi connectivity index (χ3n) is 2.47. The van der Waals surface area contributed by atoms with Crippen LogP contribution in [0.4, 0.5) is 0 Å². The second-order valence-corrected chi connectivity index (χ2v) is 4.49. The van der Waals surface area contributed by atoms with Gasteiger partial charge in [0, 0.05) is 13.1 Å². The summed E-state index contributed by atoms with van der Waals surface area (Å²) in [7, 11) is 0. The molecule has 0 fully saturated rings. The summed E-state index contributed by atoms with van der Waals surface area (Å²) in [6.07, 6.45) is 5.33. The predicted molar refractivity (Wildman–Crippen MR) is 71.5 cm³/mol. The zero-order chi connectivity index (χ0) is 12.0. The van der Waals surface area contributed by atoms with Gasteiger partial charge in [-0.05, 0) is 49.7 Å². The van der Waals surface area contributed by atoms with Gasteiger partial charge in [-0.2, -0.15) is 5.10 Å². The van der Waals surface area contributed by atoms with Gasteiger partial charge in [0.15, 0.2) is 0 Å². The first-order valence-corrected chi connectivity index (χ1v) is 6.53. The highest BCUT2D eigenvalue weighted by atomic mass is 79.9. The van der Waals surface area contributed by atoms with Crippen molar-refractivity contribution in [1.29, 1.82) is 0 Å². The number of aryl methyl sites for hydroxylation is 2. The van der Waals surface area contributed by atoms with Crippen molar-refractivity contribution >= 4 is 15.9 Å². The number of nitrogens with one attached hydrogen (secondary N) is 1.